The maximum absolute atomic E-state index is 12.9. The summed E-state index contributed by atoms with van der Waals surface area (Å²) < 4.78 is 10.1. The molecule has 0 fully saturated rings. The van der Waals surface area contributed by atoms with E-state index in [0.717, 1.165) is 11.1 Å². The van der Waals surface area contributed by atoms with Crippen LogP contribution in [0.2, 0.25) is 0 Å². The molecule has 0 aliphatic heterocycles. The highest BCUT2D eigenvalue weighted by atomic mass is 16.6. The molecule has 3 amide bonds. The standard InChI is InChI=1S/C26H33N3O6/c1-4-8-24(31)28-23(17-20-9-6-5-7-10-20)25(32)27-22-13-11-21(12-14-22)18-35-26(33)29(3)15-16-34-19(2)30/h5-7,9-14,23H,4,8,15-18H2,1-3H3,(H,27,32)(H,28,31)/t23-/m0/s1. The Bertz CT molecular complexity index is 978. The quantitative estimate of drug-likeness (QED) is 0.448. The van der Waals surface area contributed by atoms with Gasteiger partial charge in [-0.25, -0.2) is 4.79 Å². The molecule has 2 aromatic rings. The van der Waals surface area contributed by atoms with Crippen LogP contribution in [0.3, 0.4) is 0 Å². The summed E-state index contributed by atoms with van der Waals surface area (Å²) in [6.45, 7) is 3.58. The van der Waals surface area contributed by atoms with Crippen LogP contribution < -0.4 is 10.6 Å². The van der Waals surface area contributed by atoms with Crippen LogP contribution in [0, 0.1) is 0 Å². The van der Waals surface area contributed by atoms with Gasteiger partial charge < -0.3 is 25.0 Å². The van der Waals surface area contributed by atoms with Crippen molar-refractivity contribution in [2.75, 3.05) is 25.5 Å². The highest BCUT2D eigenvalue weighted by Crippen LogP contribution is 2.13. The number of hydrogen-bond donors (Lipinski definition) is 2. The molecule has 35 heavy (non-hydrogen) atoms. The molecule has 0 aliphatic carbocycles. The largest absolute Gasteiger partial charge is 0.464 e. The Kier molecular flexibility index (Phi) is 11.3. The maximum atomic E-state index is 12.9. The molecule has 2 N–H and O–H groups in total. The van der Waals surface area contributed by atoms with Gasteiger partial charge in [0.25, 0.3) is 0 Å². The zero-order valence-electron chi connectivity index (χ0n) is 20.4. The molecule has 0 saturated heterocycles. The van der Waals surface area contributed by atoms with Gasteiger partial charge in [0.05, 0.1) is 6.54 Å². The zero-order chi connectivity index (χ0) is 25.6. The number of carbonyl (C=O) groups excluding carboxylic acids is 4. The monoisotopic (exact) mass is 483 g/mol. The molecule has 0 heterocycles. The van der Waals surface area contributed by atoms with Gasteiger partial charge >= 0.3 is 12.1 Å². The molecule has 0 aliphatic rings. The van der Waals surface area contributed by atoms with Crippen LogP contribution in [0.25, 0.3) is 0 Å². The molecular formula is C26H33N3O6. The van der Waals surface area contributed by atoms with Gasteiger partial charge in [-0.3, -0.25) is 14.4 Å². The van der Waals surface area contributed by atoms with Crippen LogP contribution in [-0.2, 0) is 36.9 Å². The average molecular weight is 484 g/mol. The van der Waals surface area contributed by atoms with Gasteiger partial charge in [-0.1, -0.05) is 49.4 Å². The van der Waals surface area contributed by atoms with E-state index in [4.69, 9.17) is 9.47 Å². The van der Waals surface area contributed by atoms with Crippen molar-refractivity contribution in [1.82, 2.24) is 10.2 Å². The van der Waals surface area contributed by atoms with E-state index in [9.17, 15) is 19.2 Å². The van der Waals surface area contributed by atoms with Crippen molar-refractivity contribution in [1.29, 1.82) is 0 Å². The van der Waals surface area contributed by atoms with Crippen LogP contribution in [0.4, 0.5) is 10.5 Å². The van der Waals surface area contributed by atoms with Crippen LogP contribution in [-0.4, -0.2) is 55.0 Å². The summed E-state index contributed by atoms with van der Waals surface area (Å²) in [5.74, 6) is -0.890. The summed E-state index contributed by atoms with van der Waals surface area (Å²) >= 11 is 0. The first kappa shape index (κ1) is 27.4. The van der Waals surface area contributed by atoms with Gasteiger partial charge in [0.2, 0.25) is 11.8 Å². The van der Waals surface area contributed by atoms with Crippen molar-refractivity contribution in [3.8, 4) is 0 Å². The fourth-order valence-corrected chi connectivity index (χ4v) is 3.14. The predicted octanol–water partition coefficient (Wildman–Crippen LogP) is 3.28. The number of amides is 3. The van der Waals surface area contributed by atoms with Crippen molar-refractivity contribution < 1.29 is 28.7 Å². The molecule has 0 aromatic heterocycles. The number of likely N-dealkylation sites (N-methyl/N-ethyl adjacent to an activating group) is 1. The SMILES string of the molecule is CCCC(=O)N[C@@H](Cc1ccccc1)C(=O)Nc1ccc(COC(=O)N(C)CCOC(C)=O)cc1. The molecule has 9 nitrogen and oxygen atoms in total. The Hall–Kier alpha value is -3.88. The predicted molar refractivity (Wildman–Crippen MR) is 132 cm³/mol. The van der Waals surface area contributed by atoms with Gasteiger partial charge in [-0.2, -0.15) is 0 Å². The number of rotatable bonds is 12. The number of hydrogen-bond acceptors (Lipinski definition) is 6. The lowest BCUT2D eigenvalue weighted by Gasteiger charge is -2.19. The van der Waals surface area contributed by atoms with E-state index in [0.29, 0.717) is 24.9 Å². The molecule has 0 radical (unpaired) electrons. The van der Waals surface area contributed by atoms with E-state index in [2.05, 4.69) is 10.6 Å². The minimum Gasteiger partial charge on any atom is -0.464 e. The zero-order valence-corrected chi connectivity index (χ0v) is 20.4. The van der Waals surface area contributed by atoms with Crippen LogP contribution in [0.1, 0.15) is 37.8 Å². The van der Waals surface area contributed by atoms with E-state index in [1.54, 1.807) is 31.3 Å². The Morgan fingerprint density at radius 3 is 2.26 bits per heavy atom. The third-order valence-electron chi connectivity index (χ3n) is 5.04. The van der Waals surface area contributed by atoms with Crippen molar-refractivity contribution in [2.24, 2.45) is 0 Å². The molecular weight excluding hydrogens is 450 g/mol. The third-order valence-corrected chi connectivity index (χ3v) is 5.04. The van der Waals surface area contributed by atoms with Gasteiger partial charge in [0.15, 0.2) is 0 Å². The summed E-state index contributed by atoms with van der Waals surface area (Å²) in [4.78, 5) is 49.2. The van der Waals surface area contributed by atoms with Gasteiger partial charge in [0, 0.05) is 32.5 Å². The fraction of sp³-hybridized carbons (Fsp3) is 0.385. The lowest BCUT2D eigenvalue weighted by molar-refractivity contribution is -0.141. The summed E-state index contributed by atoms with van der Waals surface area (Å²) in [6, 6.07) is 15.7. The van der Waals surface area contributed by atoms with Crippen molar-refractivity contribution in [2.45, 2.75) is 45.8 Å². The number of ether oxygens (including phenoxy) is 2. The van der Waals surface area contributed by atoms with E-state index in [1.165, 1.54) is 11.8 Å². The van der Waals surface area contributed by atoms with E-state index in [-0.39, 0.29) is 31.6 Å². The smallest absolute Gasteiger partial charge is 0.409 e. The molecule has 1 atom stereocenters. The van der Waals surface area contributed by atoms with E-state index < -0.39 is 18.1 Å². The summed E-state index contributed by atoms with van der Waals surface area (Å²) in [5, 5.41) is 5.66. The normalized spacial score (nSPS) is 11.2. The molecule has 0 bridgehead atoms. The number of nitrogens with zero attached hydrogens (tertiary/aromatic N) is 1. The molecule has 0 unspecified atom stereocenters. The van der Waals surface area contributed by atoms with Crippen molar-refractivity contribution >= 4 is 29.6 Å². The summed E-state index contributed by atoms with van der Waals surface area (Å²) in [6.07, 6.45) is 0.882. The summed E-state index contributed by atoms with van der Waals surface area (Å²) in [7, 11) is 1.55. The molecule has 188 valence electrons. The fourth-order valence-electron chi connectivity index (χ4n) is 3.14. The lowest BCUT2D eigenvalue weighted by Crippen LogP contribution is -2.45. The average Bonchev–Trinajstić information content (AvgIpc) is 2.83. The third kappa shape index (κ3) is 10.3. The van der Waals surface area contributed by atoms with Gasteiger partial charge in [-0.05, 0) is 29.7 Å². The van der Waals surface area contributed by atoms with Crippen LogP contribution in [0.15, 0.2) is 54.6 Å². The number of anilines is 1. The van der Waals surface area contributed by atoms with Crippen molar-refractivity contribution in [3.63, 3.8) is 0 Å². The highest BCUT2D eigenvalue weighted by molar-refractivity contribution is 5.97. The van der Waals surface area contributed by atoms with Crippen LogP contribution >= 0.6 is 0 Å². The summed E-state index contributed by atoms with van der Waals surface area (Å²) in [5.41, 5.74) is 2.24. The first-order valence-corrected chi connectivity index (χ1v) is 11.5. The minimum absolute atomic E-state index is 0.0503. The van der Waals surface area contributed by atoms with Gasteiger partial charge in [0.1, 0.15) is 19.3 Å². The lowest BCUT2D eigenvalue weighted by atomic mass is 10.0. The van der Waals surface area contributed by atoms with Crippen molar-refractivity contribution in [3.05, 3.63) is 65.7 Å². The first-order chi connectivity index (χ1) is 16.8. The second-order valence-electron chi connectivity index (χ2n) is 8.06. The minimum atomic E-state index is -0.709. The van der Waals surface area contributed by atoms with E-state index in [1.807, 2.05) is 37.3 Å². The Balaban J connectivity index is 1.91. The van der Waals surface area contributed by atoms with Crippen LogP contribution in [0.5, 0.6) is 0 Å². The molecule has 2 aromatic carbocycles. The molecule has 0 spiro atoms. The topological polar surface area (TPSA) is 114 Å². The number of benzene rings is 2. The Labute approximate surface area is 205 Å². The number of carbonyl (C=O) groups is 4. The molecule has 2 rings (SSSR count). The second kappa shape index (κ2) is 14.4. The number of esters is 1. The molecule has 9 heteroatoms. The highest BCUT2D eigenvalue weighted by Gasteiger charge is 2.21. The Morgan fingerprint density at radius 1 is 0.943 bits per heavy atom. The van der Waals surface area contributed by atoms with E-state index >= 15 is 0 Å². The maximum Gasteiger partial charge on any atom is 0.409 e. The Morgan fingerprint density at radius 2 is 1.63 bits per heavy atom. The second-order valence-corrected chi connectivity index (χ2v) is 8.06. The number of nitrogens with one attached hydrogen (secondary N) is 2. The first-order valence-electron chi connectivity index (χ1n) is 11.5. The van der Waals surface area contributed by atoms with Gasteiger partial charge in [-0.15, -0.1) is 0 Å². The molecule has 0 saturated carbocycles.